The van der Waals surface area contributed by atoms with E-state index in [4.69, 9.17) is 5.73 Å². The Labute approximate surface area is 127 Å². The first-order chi connectivity index (χ1) is 9.96. The number of nitrogens with zero attached hydrogens (tertiary/aromatic N) is 3. The van der Waals surface area contributed by atoms with Gasteiger partial charge in [0.2, 0.25) is 0 Å². The van der Waals surface area contributed by atoms with Gasteiger partial charge >= 0.3 is 0 Å². The highest BCUT2D eigenvalue weighted by molar-refractivity contribution is 7.92. The van der Waals surface area contributed by atoms with Crippen LogP contribution in [0.5, 0.6) is 0 Å². The minimum absolute atomic E-state index is 0.0216. The molecule has 0 atom stereocenters. The molecule has 0 saturated heterocycles. The van der Waals surface area contributed by atoms with Crippen molar-refractivity contribution in [2.45, 2.75) is 25.4 Å². The molecule has 0 saturated carbocycles. The van der Waals surface area contributed by atoms with Crippen molar-refractivity contribution >= 4 is 26.5 Å². The maximum absolute atomic E-state index is 12.2. The summed E-state index contributed by atoms with van der Waals surface area (Å²) in [7, 11) is -3.74. The third-order valence-corrected chi connectivity index (χ3v) is 4.78. The Morgan fingerprint density at radius 2 is 2.29 bits per heavy atom. The molecule has 2 aromatic heterocycles. The highest BCUT2D eigenvalue weighted by atomic mass is 32.2. The maximum Gasteiger partial charge on any atom is 0.282 e. The molecular formula is C12H15N5O2S2. The second-order valence-electron chi connectivity index (χ2n) is 4.05. The van der Waals surface area contributed by atoms with Crippen LogP contribution in [0, 0.1) is 18.8 Å². The predicted octanol–water partition coefficient (Wildman–Crippen LogP) is 0.779. The number of sulfonamides is 1. The third-order valence-electron chi connectivity index (χ3n) is 2.61. The van der Waals surface area contributed by atoms with E-state index < -0.39 is 10.0 Å². The molecule has 21 heavy (non-hydrogen) atoms. The summed E-state index contributed by atoms with van der Waals surface area (Å²) in [6, 6.07) is 0. The summed E-state index contributed by atoms with van der Waals surface area (Å²) in [6.45, 7) is 4.57. The molecule has 9 heteroatoms. The lowest BCUT2D eigenvalue weighted by Gasteiger charge is -2.00. The van der Waals surface area contributed by atoms with E-state index >= 15 is 0 Å². The van der Waals surface area contributed by atoms with Crippen LogP contribution in [-0.2, 0) is 16.6 Å². The molecule has 0 aliphatic rings. The average Bonchev–Trinajstić information content (AvgIpc) is 3.02. The Hall–Kier alpha value is -1.89. The van der Waals surface area contributed by atoms with Gasteiger partial charge in [-0.2, -0.15) is 8.42 Å². The molecule has 0 aromatic carbocycles. The molecule has 0 aliphatic carbocycles. The van der Waals surface area contributed by atoms with E-state index in [0.717, 1.165) is 11.3 Å². The molecule has 0 aliphatic heterocycles. The van der Waals surface area contributed by atoms with Crippen molar-refractivity contribution in [1.82, 2.24) is 14.5 Å². The first kappa shape index (κ1) is 15.5. The summed E-state index contributed by atoms with van der Waals surface area (Å²) < 4.78 is 28.6. The van der Waals surface area contributed by atoms with E-state index in [2.05, 4.69) is 26.5 Å². The predicted molar refractivity (Wildman–Crippen MR) is 81.5 cm³/mol. The Balaban J connectivity index is 2.22. The Morgan fingerprint density at radius 1 is 1.52 bits per heavy atom. The van der Waals surface area contributed by atoms with Gasteiger partial charge in [-0.1, -0.05) is 23.2 Å². The number of hydrogen-bond acceptors (Lipinski definition) is 6. The van der Waals surface area contributed by atoms with Gasteiger partial charge in [0.15, 0.2) is 10.2 Å². The van der Waals surface area contributed by atoms with Gasteiger partial charge in [-0.15, -0.1) is 0 Å². The largest absolute Gasteiger partial charge is 0.334 e. The van der Waals surface area contributed by atoms with Gasteiger partial charge in [0, 0.05) is 12.7 Å². The van der Waals surface area contributed by atoms with Crippen LogP contribution < -0.4 is 10.5 Å². The Bertz CT molecular complexity index is 795. The maximum atomic E-state index is 12.2. The van der Waals surface area contributed by atoms with Crippen molar-refractivity contribution in [3.8, 4) is 11.8 Å². The van der Waals surface area contributed by atoms with Crippen molar-refractivity contribution in [1.29, 1.82) is 0 Å². The van der Waals surface area contributed by atoms with Crippen molar-refractivity contribution in [3.63, 3.8) is 0 Å². The number of thiazole rings is 1. The number of nitrogens with one attached hydrogen (secondary N) is 1. The first-order valence-corrected chi connectivity index (χ1v) is 8.47. The minimum Gasteiger partial charge on any atom is -0.334 e. The standard InChI is InChI=1S/C12H15N5O2S2/c1-3-17-8-11(15-9(17)2)21(18,19)16-12-14-7-10(20-12)5-4-6-13/h7-8H,3,6,13H2,1-2H3,(H,14,16). The normalized spacial score (nSPS) is 11.0. The quantitative estimate of drug-likeness (QED) is 0.809. The SMILES string of the molecule is CCn1cc(S(=O)(=O)Nc2ncc(C#CCN)s2)nc1C. The van der Waals surface area contributed by atoms with Gasteiger partial charge in [-0.25, -0.2) is 9.97 Å². The summed E-state index contributed by atoms with van der Waals surface area (Å²) in [5.74, 6) is 6.13. The fourth-order valence-corrected chi connectivity index (χ4v) is 3.56. The second-order valence-corrected chi connectivity index (χ2v) is 6.71. The first-order valence-electron chi connectivity index (χ1n) is 6.17. The lowest BCUT2D eigenvalue weighted by atomic mass is 10.5. The lowest BCUT2D eigenvalue weighted by Crippen LogP contribution is -2.13. The smallest absolute Gasteiger partial charge is 0.282 e. The van der Waals surface area contributed by atoms with Crippen molar-refractivity contribution in [3.05, 3.63) is 23.1 Å². The minimum atomic E-state index is -3.74. The number of imidazole rings is 1. The topological polar surface area (TPSA) is 103 Å². The molecule has 2 rings (SSSR count). The van der Waals surface area contributed by atoms with E-state index in [1.807, 2.05) is 6.92 Å². The molecule has 0 spiro atoms. The van der Waals surface area contributed by atoms with Gasteiger partial charge in [0.25, 0.3) is 10.0 Å². The molecular weight excluding hydrogens is 310 g/mol. The van der Waals surface area contributed by atoms with Crippen LogP contribution in [0.25, 0.3) is 0 Å². The summed E-state index contributed by atoms with van der Waals surface area (Å²) in [4.78, 5) is 8.68. The number of hydrogen-bond donors (Lipinski definition) is 2. The molecule has 7 nitrogen and oxygen atoms in total. The third kappa shape index (κ3) is 3.60. The van der Waals surface area contributed by atoms with E-state index in [0.29, 0.717) is 17.2 Å². The molecule has 0 radical (unpaired) electrons. The lowest BCUT2D eigenvalue weighted by molar-refractivity contribution is 0.598. The molecule has 2 heterocycles. The van der Waals surface area contributed by atoms with Crippen LogP contribution in [0.4, 0.5) is 5.13 Å². The highest BCUT2D eigenvalue weighted by Crippen LogP contribution is 2.21. The van der Waals surface area contributed by atoms with Crippen LogP contribution >= 0.6 is 11.3 Å². The molecule has 0 amide bonds. The fraction of sp³-hybridized carbons (Fsp3) is 0.333. The summed E-state index contributed by atoms with van der Waals surface area (Å²) in [5.41, 5.74) is 5.28. The van der Waals surface area contributed by atoms with Crippen LogP contribution in [-0.4, -0.2) is 29.5 Å². The monoisotopic (exact) mass is 325 g/mol. The van der Waals surface area contributed by atoms with Crippen molar-refractivity contribution in [2.75, 3.05) is 11.3 Å². The average molecular weight is 325 g/mol. The summed E-state index contributed by atoms with van der Waals surface area (Å²) in [5, 5.41) is 0.228. The molecule has 3 N–H and O–H groups in total. The summed E-state index contributed by atoms with van der Waals surface area (Å²) >= 11 is 1.15. The van der Waals surface area contributed by atoms with Crippen molar-refractivity contribution in [2.24, 2.45) is 5.73 Å². The highest BCUT2D eigenvalue weighted by Gasteiger charge is 2.20. The zero-order chi connectivity index (χ0) is 15.5. The van der Waals surface area contributed by atoms with E-state index in [-0.39, 0.29) is 16.7 Å². The summed E-state index contributed by atoms with van der Waals surface area (Å²) in [6.07, 6.45) is 3.00. The molecule has 0 unspecified atom stereocenters. The van der Waals surface area contributed by atoms with Crippen molar-refractivity contribution < 1.29 is 8.42 Å². The number of anilines is 1. The van der Waals surface area contributed by atoms with E-state index in [1.54, 1.807) is 11.5 Å². The number of nitrogens with two attached hydrogens (primary N) is 1. The van der Waals surface area contributed by atoms with Gasteiger partial charge in [-0.05, 0) is 13.8 Å². The van der Waals surface area contributed by atoms with Crippen LogP contribution in [0.1, 0.15) is 17.6 Å². The molecule has 0 bridgehead atoms. The van der Waals surface area contributed by atoms with Gasteiger partial charge in [-0.3, -0.25) is 4.72 Å². The number of aryl methyl sites for hydroxylation is 2. The molecule has 112 valence electrons. The fourth-order valence-electron chi connectivity index (χ4n) is 1.61. The number of aromatic nitrogens is 3. The second kappa shape index (κ2) is 6.26. The molecule has 0 fully saturated rings. The van der Waals surface area contributed by atoms with Gasteiger partial charge in [0.05, 0.1) is 17.6 Å². The Kier molecular flexibility index (Phi) is 4.62. The van der Waals surface area contributed by atoms with Crippen LogP contribution in [0.3, 0.4) is 0 Å². The Morgan fingerprint density at radius 3 is 2.90 bits per heavy atom. The zero-order valence-corrected chi connectivity index (χ0v) is 13.3. The zero-order valence-electron chi connectivity index (χ0n) is 11.6. The van der Waals surface area contributed by atoms with Gasteiger partial charge in [0.1, 0.15) is 5.82 Å². The molecule has 2 aromatic rings. The van der Waals surface area contributed by atoms with E-state index in [1.165, 1.54) is 12.4 Å². The van der Waals surface area contributed by atoms with E-state index in [9.17, 15) is 8.42 Å². The van der Waals surface area contributed by atoms with Crippen LogP contribution in [0.15, 0.2) is 17.4 Å². The van der Waals surface area contributed by atoms with Gasteiger partial charge < -0.3 is 10.3 Å². The number of rotatable bonds is 4. The van der Waals surface area contributed by atoms with Crippen LogP contribution in [0.2, 0.25) is 0 Å².